The highest BCUT2D eigenvalue weighted by Gasteiger charge is 2.29. The molecule has 1 unspecified atom stereocenters. The molecule has 1 saturated heterocycles. The van der Waals surface area contributed by atoms with Crippen molar-refractivity contribution in [2.45, 2.75) is 44.2 Å². The Bertz CT molecular complexity index is 559. The summed E-state index contributed by atoms with van der Waals surface area (Å²) in [7, 11) is 1.69. The third-order valence-electron chi connectivity index (χ3n) is 5.14. The van der Waals surface area contributed by atoms with Crippen molar-refractivity contribution in [2.24, 2.45) is 11.7 Å². The molecule has 0 radical (unpaired) electrons. The maximum Gasteiger partial charge on any atom is 0.220 e. The molecular formula is C18H29Cl2N3O2. The Balaban J connectivity index is 0.00000156. The number of methoxy groups -OCH3 is 1. The lowest BCUT2D eigenvalue weighted by Gasteiger charge is -2.22. The first-order chi connectivity index (χ1) is 11.2. The van der Waals surface area contributed by atoms with Crippen LogP contribution < -0.4 is 20.7 Å². The van der Waals surface area contributed by atoms with Gasteiger partial charge >= 0.3 is 0 Å². The van der Waals surface area contributed by atoms with Crippen LogP contribution in [-0.2, 0) is 4.79 Å². The fraction of sp³-hybridized carbons (Fsp3) is 0.611. The number of halogens is 2. The number of hydrogen-bond donors (Lipinski definition) is 2. The second-order valence-electron chi connectivity index (χ2n) is 6.73. The minimum atomic E-state index is 0. The van der Waals surface area contributed by atoms with Crippen molar-refractivity contribution in [2.75, 3.05) is 25.1 Å². The summed E-state index contributed by atoms with van der Waals surface area (Å²) in [4.78, 5) is 14.5. The van der Waals surface area contributed by atoms with Gasteiger partial charge in [-0.25, -0.2) is 0 Å². The normalized spacial score (nSPS) is 25.0. The molecule has 2 aliphatic rings. The largest absolute Gasteiger partial charge is 0.495 e. The van der Waals surface area contributed by atoms with E-state index in [1.165, 1.54) is 0 Å². The van der Waals surface area contributed by atoms with E-state index >= 15 is 0 Å². The van der Waals surface area contributed by atoms with E-state index in [1.807, 2.05) is 18.2 Å². The number of benzene rings is 1. The predicted octanol–water partition coefficient (Wildman–Crippen LogP) is 2.75. The Morgan fingerprint density at radius 2 is 2.04 bits per heavy atom. The van der Waals surface area contributed by atoms with Crippen LogP contribution in [0, 0.1) is 5.92 Å². The van der Waals surface area contributed by atoms with Gasteiger partial charge in [0.2, 0.25) is 5.91 Å². The van der Waals surface area contributed by atoms with Crippen LogP contribution in [0.15, 0.2) is 24.3 Å². The van der Waals surface area contributed by atoms with E-state index in [0.29, 0.717) is 12.3 Å². The molecule has 0 aromatic heterocycles. The fourth-order valence-corrected chi connectivity index (χ4v) is 3.83. The van der Waals surface area contributed by atoms with Crippen molar-refractivity contribution in [3.8, 4) is 5.75 Å². The molecule has 1 saturated carbocycles. The number of carbonyl (C=O) groups excluding carboxylic acids is 1. The summed E-state index contributed by atoms with van der Waals surface area (Å²) in [6.45, 7) is 1.77. The number of para-hydroxylation sites is 2. The van der Waals surface area contributed by atoms with Gasteiger partial charge in [-0.15, -0.1) is 24.8 Å². The molecule has 142 valence electrons. The summed E-state index contributed by atoms with van der Waals surface area (Å²) < 4.78 is 5.43. The number of nitrogens with one attached hydrogen (secondary N) is 1. The Kier molecular flexibility index (Phi) is 8.83. The topological polar surface area (TPSA) is 67.6 Å². The lowest BCUT2D eigenvalue weighted by Crippen LogP contribution is -2.39. The van der Waals surface area contributed by atoms with Gasteiger partial charge in [-0.1, -0.05) is 18.6 Å². The van der Waals surface area contributed by atoms with Crippen LogP contribution in [0.25, 0.3) is 0 Å². The zero-order valence-corrected chi connectivity index (χ0v) is 16.3. The molecule has 1 amide bonds. The van der Waals surface area contributed by atoms with Crippen molar-refractivity contribution in [1.82, 2.24) is 5.32 Å². The number of amides is 1. The predicted molar refractivity (Wildman–Crippen MR) is 106 cm³/mol. The van der Waals surface area contributed by atoms with Crippen molar-refractivity contribution in [3.05, 3.63) is 24.3 Å². The smallest absolute Gasteiger partial charge is 0.220 e. The van der Waals surface area contributed by atoms with Crippen LogP contribution in [0.5, 0.6) is 5.75 Å². The monoisotopic (exact) mass is 389 g/mol. The van der Waals surface area contributed by atoms with Crippen LogP contribution in [-0.4, -0.2) is 38.2 Å². The van der Waals surface area contributed by atoms with Gasteiger partial charge in [0.15, 0.2) is 0 Å². The zero-order chi connectivity index (χ0) is 16.2. The Morgan fingerprint density at radius 1 is 1.28 bits per heavy atom. The summed E-state index contributed by atoms with van der Waals surface area (Å²) in [5.74, 6) is 1.40. The van der Waals surface area contributed by atoms with Crippen molar-refractivity contribution in [3.63, 3.8) is 0 Å². The molecule has 1 aromatic carbocycles. The first-order valence-electron chi connectivity index (χ1n) is 8.60. The third kappa shape index (κ3) is 5.40. The molecule has 25 heavy (non-hydrogen) atoms. The highest BCUT2D eigenvalue weighted by molar-refractivity contribution is 5.85. The van der Waals surface area contributed by atoms with Gasteiger partial charge in [-0.3, -0.25) is 4.79 Å². The minimum Gasteiger partial charge on any atom is -0.495 e. The van der Waals surface area contributed by atoms with E-state index in [2.05, 4.69) is 16.3 Å². The zero-order valence-electron chi connectivity index (χ0n) is 14.6. The van der Waals surface area contributed by atoms with E-state index in [4.69, 9.17) is 10.5 Å². The maximum absolute atomic E-state index is 12.3. The fourth-order valence-electron chi connectivity index (χ4n) is 3.83. The van der Waals surface area contributed by atoms with E-state index < -0.39 is 0 Å². The number of nitrogens with zero attached hydrogens (tertiary/aromatic N) is 1. The molecule has 3 atom stereocenters. The molecule has 2 fully saturated rings. The average Bonchev–Trinajstić information content (AvgIpc) is 3.17. The number of rotatable bonds is 5. The van der Waals surface area contributed by atoms with Crippen molar-refractivity contribution in [1.29, 1.82) is 0 Å². The first kappa shape index (κ1) is 21.9. The minimum absolute atomic E-state index is 0. The van der Waals surface area contributed by atoms with Crippen LogP contribution >= 0.6 is 24.8 Å². The quantitative estimate of drug-likeness (QED) is 0.812. The highest BCUT2D eigenvalue weighted by Crippen LogP contribution is 2.30. The van der Waals surface area contributed by atoms with Gasteiger partial charge in [-0.05, 0) is 37.3 Å². The third-order valence-corrected chi connectivity index (χ3v) is 5.14. The summed E-state index contributed by atoms with van der Waals surface area (Å²) >= 11 is 0. The van der Waals surface area contributed by atoms with Gasteiger partial charge in [0.05, 0.1) is 12.8 Å². The highest BCUT2D eigenvalue weighted by atomic mass is 35.5. The molecule has 1 aromatic rings. The van der Waals surface area contributed by atoms with E-state index in [1.54, 1.807) is 7.11 Å². The van der Waals surface area contributed by atoms with Gasteiger partial charge in [0.1, 0.15) is 5.75 Å². The number of ether oxygens (including phenoxy) is 1. The number of anilines is 1. The maximum atomic E-state index is 12.3. The average molecular weight is 390 g/mol. The Morgan fingerprint density at radius 3 is 2.72 bits per heavy atom. The number of nitrogens with two attached hydrogens (primary N) is 1. The molecule has 3 rings (SSSR count). The van der Waals surface area contributed by atoms with E-state index in [9.17, 15) is 4.79 Å². The van der Waals surface area contributed by atoms with E-state index in [0.717, 1.165) is 50.2 Å². The van der Waals surface area contributed by atoms with Gasteiger partial charge in [-0.2, -0.15) is 0 Å². The molecule has 1 heterocycles. The second kappa shape index (κ2) is 10.1. The van der Waals surface area contributed by atoms with Crippen LogP contribution in [0.1, 0.15) is 32.1 Å². The van der Waals surface area contributed by atoms with E-state index in [-0.39, 0.29) is 42.8 Å². The summed E-state index contributed by atoms with van der Waals surface area (Å²) in [5.41, 5.74) is 7.16. The molecule has 3 N–H and O–H groups in total. The molecule has 7 heteroatoms. The lowest BCUT2D eigenvalue weighted by atomic mass is 9.99. The molecule has 0 spiro atoms. The van der Waals surface area contributed by atoms with Crippen LogP contribution in [0.3, 0.4) is 0 Å². The SMILES string of the molecule is COc1ccccc1N1CCC(NC(=O)C[C@@H]2CCC[C@H]2N)C1.Cl.Cl. The molecular weight excluding hydrogens is 361 g/mol. The molecule has 1 aliphatic heterocycles. The Labute approximate surface area is 162 Å². The van der Waals surface area contributed by atoms with Crippen LogP contribution in [0.4, 0.5) is 5.69 Å². The summed E-state index contributed by atoms with van der Waals surface area (Å²) in [6, 6.07) is 8.45. The summed E-state index contributed by atoms with van der Waals surface area (Å²) in [5, 5.41) is 3.19. The standard InChI is InChI=1S/C18H27N3O2.2ClH/c1-23-17-8-3-2-7-16(17)21-10-9-14(12-21)20-18(22)11-13-5-4-6-15(13)19;;/h2-3,7-8,13-15H,4-6,9-12,19H2,1H3,(H,20,22);2*1H/t13-,14?,15+;;/m0../s1. The summed E-state index contributed by atoms with van der Waals surface area (Å²) in [6.07, 6.45) is 4.85. The molecule has 1 aliphatic carbocycles. The molecule has 5 nitrogen and oxygen atoms in total. The second-order valence-corrected chi connectivity index (χ2v) is 6.73. The van der Waals surface area contributed by atoms with Gasteiger partial charge in [0.25, 0.3) is 0 Å². The first-order valence-corrected chi connectivity index (χ1v) is 8.60. The lowest BCUT2D eigenvalue weighted by molar-refractivity contribution is -0.122. The van der Waals surface area contributed by atoms with Crippen molar-refractivity contribution < 1.29 is 9.53 Å². The Hall–Kier alpha value is -1.17. The van der Waals surface area contributed by atoms with Gasteiger partial charge in [0, 0.05) is 31.6 Å². The number of hydrogen-bond acceptors (Lipinski definition) is 4. The van der Waals surface area contributed by atoms with Crippen molar-refractivity contribution >= 4 is 36.4 Å². The number of carbonyl (C=O) groups is 1. The molecule has 0 bridgehead atoms. The van der Waals surface area contributed by atoms with Gasteiger partial charge < -0.3 is 20.7 Å². The van der Waals surface area contributed by atoms with Crippen LogP contribution in [0.2, 0.25) is 0 Å².